The molecule has 3 rings (SSSR count). The van der Waals surface area contributed by atoms with Crippen molar-refractivity contribution >= 4 is 45.6 Å². The van der Waals surface area contributed by atoms with Gasteiger partial charge in [0.15, 0.2) is 16.6 Å². The number of aromatic nitrogens is 1. The Morgan fingerprint density at radius 1 is 1.16 bits per heavy atom. The maximum Gasteiger partial charge on any atom is 0.257 e. The van der Waals surface area contributed by atoms with Crippen molar-refractivity contribution in [2.75, 3.05) is 24.4 Å². The summed E-state index contributed by atoms with van der Waals surface area (Å²) in [5, 5.41) is 8.11. The molecule has 0 aliphatic rings. The van der Waals surface area contributed by atoms with Gasteiger partial charge in [-0.05, 0) is 30.2 Å². The molecule has 32 heavy (non-hydrogen) atoms. The van der Waals surface area contributed by atoms with Crippen LogP contribution in [0.5, 0.6) is 11.5 Å². The van der Waals surface area contributed by atoms with Crippen LogP contribution in [0.1, 0.15) is 31.1 Å². The summed E-state index contributed by atoms with van der Waals surface area (Å²) < 4.78 is 11.1. The Bertz CT molecular complexity index is 1110. The number of amides is 2. The summed E-state index contributed by atoms with van der Waals surface area (Å²) >= 11 is 7.66. The number of rotatable bonds is 8. The molecule has 0 unspecified atom stereocenters. The maximum atomic E-state index is 12.8. The van der Waals surface area contributed by atoms with E-state index in [1.165, 1.54) is 25.4 Å². The van der Waals surface area contributed by atoms with Crippen LogP contribution in [-0.4, -0.2) is 30.5 Å². The second-order valence-corrected chi connectivity index (χ2v) is 8.71. The Morgan fingerprint density at radius 2 is 1.88 bits per heavy atom. The van der Waals surface area contributed by atoms with Crippen LogP contribution in [0.2, 0.25) is 5.02 Å². The van der Waals surface area contributed by atoms with Crippen molar-refractivity contribution in [3.8, 4) is 22.8 Å². The van der Waals surface area contributed by atoms with Gasteiger partial charge in [-0.15, -0.1) is 11.3 Å². The summed E-state index contributed by atoms with van der Waals surface area (Å²) in [4.78, 5) is 28.4. The van der Waals surface area contributed by atoms with Crippen LogP contribution in [0.3, 0.4) is 0 Å². The molecule has 2 N–H and O–H groups in total. The normalized spacial score (nSPS) is 10.7. The molecule has 0 spiro atoms. The molecule has 2 aromatic carbocycles. The summed E-state index contributed by atoms with van der Waals surface area (Å²) in [7, 11) is 1.50. The van der Waals surface area contributed by atoms with E-state index in [2.05, 4.69) is 15.6 Å². The lowest BCUT2D eigenvalue weighted by Crippen LogP contribution is -2.13. The number of benzene rings is 2. The van der Waals surface area contributed by atoms with E-state index in [1.54, 1.807) is 24.3 Å². The Balaban J connectivity index is 1.73. The molecule has 168 valence electrons. The van der Waals surface area contributed by atoms with E-state index in [0.29, 0.717) is 51.1 Å². The van der Waals surface area contributed by atoms with E-state index in [9.17, 15) is 9.59 Å². The van der Waals surface area contributed by atoms with Gasteiger partial charge in [-0.25, -0.2) is 4.98 Å². The standard InChI is InChI=1S/C23H24ClN3O4S/c1-13(2)11-31-21-18(24)9-16(10-20(21)30-4)22(29)27-23-26-19(12-32-23)15-5-7-17(8-6-15)25-14(3)28/h5-10,12-13H,11H2,1-4H3,(H,25,28)(H,26,27,29). The minimum atomic E-state index is -0.359. The minimum absolute atomic E-state index is 0.132. The molecule has 0 saturated heterocycles. The summed E-state index contributed by atoms with van der Waals surface area (Å²) in [6, 6.07) is 10.4. The van der Waals surface area contributed by atoms with Gasteiger partial charge in [-0.2, -0.15) is 0 Å². The number of hydrogen-bond donors (Lipinski definition) is 2. The third kappa shape index (κ3) is 5.99. The van der Waals surface area contributed by atoms with Crippen LogP contribution in [0.15, 0.2) is 41.8 Å². The molecule has 9 heteroatoms. The zero-order chi connectivity index (χ0) is 23.3. The molecule has 0 bridgehead atoms. The fraction of sp³-hybridized carbons (Fsp3) is 0.261. The number of thiazole rings is 1. The van der Waals surface area contributed by atoms with Crippen LogP contribution in [0, 0.1) is 5.92 Å². The molecule has 0 saturated carbocycles. The van der Waals surface area contributed by atoms with Gasteiger partial charge >= 0.3 is 0 Å². The van der Waals surface area contributed by atoms with E-state index in [-0.39, 0.29) is 11.8 Å². The number of nitrogens with zero attached hydrogens (tertiary/aromatic N) is 1. The van der Waals surface area contributed by atoms with Gasteiger partial charge < -0.3 is 14.8 Å². The first-order chi connectivity index (χ1) is 15.3. The van der Waals surface area contributed by atoms with Crippen LogP contribution >= 0.6 is 22.9 Å². The first kappa shape index (κ1) is 23.6. The number of ether oxygens (including phenoxy) is 2. The van der Waals surface area contributed by atoms with Gasteiger partial charge in [-0.1, -0.05) is 37.6 Å². The number of methoxy groups -OCH3 is 1. The highest BCUT2D eigenvalue weighted by Crippen LogP contribution is 2.37. The van der Waals surface area contributed by atoms with Gasteiger partial charge in [0, 0.05) is 29.1 Å². The molecule has 1 heterocycles. The van der Waals surface area contributed by atoms with E-state index in [0.717, 1.165) is 5.56 Å². The Kier molecular flexibility index (Phi) is 7.71. The quantitative estimate of drug-likeness (QED) is 0.437. The lowest BCUT2D eigenvalue weighted by atomic mass is 10.1. The van der Waals surface area contributed by atoms with Gasteiger partial charge in [0.25, 0.3) is 5.91 Å². The molecule has 1 aromatic heterocycles. The van der Waals surface area contributed by atoms with Crippen molar-refractivity contribution in [2.24, 2.45) is 5.92 Å². The van der Waals surface area contributed by atoms with Crippen LogP contribution < -0.4 is 20.1 Å². The monoisotopic (exact) mass is 473 g/mol. The number of halogens is 1. The molecule has 7 nitrogen and oxygen atoms in total. The zero-order valence-corrected chi connectivity index (χ0v) is 19.8. The Hall–Kier alpha value is -3.10. The van der Waals surface area contributed by atoms with E-state index < -0.39 is 0 Å². The van der Waals surface area contributed by atoms with Gasteiger partial charge in [-0.3, -0.25) is 14.9 Å². The van der Waals surface area contributed by atoms with Crippen molar-refractivity contribution in [3.63, 3.8) is 0 Å². The van der Waals surface area contributed by atoms with E-state index in [1.807, 2.05) is 31.4 Å². The summed E-state index contributed by atoms with van der Waals surface area (Å²) in [6.45, 7) is 6.00. The van der Waals surface area contributed by atoms with Crippen LogP contribution in [0.4, 0.5) is 10.8 Å². The third-order valence-electron chi connectivity index (χ3n) is 4.28. The number of carbonyl (C=O) groups excluding carboxylic acids is 2. The Morgan fingerprint density at radius 3 is 2.50 bits per heavy atom. The van der Waals surface area contributed by atoms with Crippen molar-refractivity contribution < 1.29 is 19.1 Å². The zero-order valence-electron chi connectivity index (χ0n) is 18.2. The minimum Gasteiger partial charge on any atom is -0.493 e. The molecule has 3 aromatic rings. The predicted octanol–water partition coefficient (Wildman–Crippen LogP) is 5.72. The Labute approximate surface area is 195 Å². The third-order valence-corrected chi connectivity index (χ3v) is 5.32. The molecular formula is C23H24ClN3O4S. The molecule has 0 atom stereocenters. The topological polar surface area (TPSA) is 89.5 Å². The summed E-state index contributed by atoms with van der Waals surface area (Å²) in [5.41, 5.74) is 2.62. The van der Waals surface area contributed by atoms with Gasteiger partial charge in [0.1, 0.15) is 0 Å². The molecule has 0 aliphatic heterocycles. The smallest absolute Gasteiger partial charge is 0.257 e. The maximum absolute atomic E-state index is 12.8. The molecule has 2 amide bonds. The van der Waals surface area contributed by atoms with Crippen LogP contribution in [-0.2, 0) is 4.79 Å². The summed E-state index contributed by atoms with van der Waals surface area (Å²) in [6.07, 6.45) is 0. The average molecular weight is 474 g/mol. The van der Waals surface area contributed by atoms with Crippen molar-refractivity contribution in [2.45, 2.75) is 20.8 Å². The number of carbonyl (C=O) groups is 2. The SMILES string of the molecule is COc1cc(C(=O)Nc2nc(-c3ccc(NC(C)=O)cc3)cs2)cc(Cl)c1OCC(C)C. The lowest BCUT2D eigenvalue weighted by molar-refractivity contribution is -0.114. The molecular weight excluding hydrogens is 450 g/mol. The van der Waals surface area contributed by atoms with E-state index >= 15 is 0 Å². The number of anilines is 2. The highest BCUT2D eigenvalue weighted by atomic mass is 35.5. The van der Waals surface area contributed by atoms with Crippen molar-refractivity contribution in [3.05, 3.63) is 52.4 Å². The highest BCUT2D eigenvalue weighted by Gasteiger charge is 2.17. The lowest BCUT2D eigenvalue weighted by Gasteiger charge is -2.15. The van der Waals surface area contributed by atoms with Gasteiger partial charge in [0.05, 0.1) is 24.4 Å². The van der Waals surface area contributed by atoms with Crippen molar-refractivity contribution in [1.82, 2.24) is 4.98 Å². The molecule has 0 aliphatic carbocycles. The van der Waals surface area contributed by atoms with Crippen molar-refractivity contribution in [1.29, 1.82) is 0 Å². The van der Waals surface area contributed by atoms with Crippen LogP contribution in [0.25, 0.3) is 11.3 Å². The largest absolute Gasteiger partial charge is 0.493 e. The molecule has 0 fully saturated rings. The number of hydrogen-bond acceptors (Lipinski definition) is 6. The summed E-state index contributed by atoms with van der Waals surface area (Å²) in [5.74, 6) is 0.635. The first-order valence-electron chi connectivity index (χ1n) is 9.92. The fourth-order valence-corrected chi connectivity index (χ4v) is 3.78. The highest BCUT2D eigenvalue weighted by molar-refractivity contribution is 7.14. The predicted molar refractivity (Wildman–Crippen MR) is 128 cm³/mol. The van der Waals surface area contributed by atoms with Gasteiger partial charge in [0.2, 0.25) is 5.91 Å². The fourth-order valence-electron chi connectivity index (χ4n) is 2.80. The second-order valence-electron chi connectivity index (χ2n) is 7.44. The second kappa shape index (κ2) is 10.5. The average Bonchev–Trinajstić information content (AvgIpc) is 3.20. The molecule has 0 radical (unpaired) electrons. The first-order valence-corrected chi connectivity index (χ1v) is 11.2. The van der Waals surface area contributed by atoms with E-state index in [4.69, 9.17) is 21.1 Å². The number of nitrogens with one attached hydrogen (secondary N) is 2.